The minimum absolute atomic E-state index is 0.509. The number of benzene rings is 2. The molecule has 3 rings (SSSR count). The Kier molecular flexibility index (Phi) is 5.69. The molecule has 1 heterocycles. The highest BCUT2D eigenvalue weighted by atomic mass is 16.5. The lowest BCUT2D eigenvalue weighted by atomic mass is 10.1. The molecule has 0 fully saturated rings. The van der Waals surface area contributed by atoms with Crippen molar-refractivity contribution in [3.8, 4) is 22.8 Å². The minimum atomic E-state index is 0.509. The Hall–Kier alpha value is -2.88. The second-order valence-electron chi connectivity index (χ2n) is 4.67. The van der Waals surface area contributed by atoms with Gasteiger partial charge >= 0.3 is 0 Å². The molecule has 0 unspecified atom stereocenters. The summed E-state index contributed by atoms with van der Waals surface area (Å²) in [5, 5.41) is 6.90. The van der Waals surface area contributed by atoms with Crippen LogP contribution in [0.4, 0.5) is 0 Å². The smallest absolute Gasteiger partial charge is 0.168 e. The first kappa shape index (κ1) is 16.5. The third-order valence-electron chi connectivity index (χ3n) is 3.27. The first-order valence-electron chi connectivity index (χ1n) is 7.61. The topological polar surface area (TPSA) is 55.0 Å². The van der Waals surface area contributed by atoms with Crippen LogP contribution in [0.2, 0.25) is 0 Å². The Morgan fingerprint density at radius 1 is 0.957 bits per heavy atom. The molecule has 118 valence electrons. The maximum atomic E-state index is 10.8. The number of rotatable bonds is 4. The largest absolute Gasteiger partial charge is 0.457 e. The third kappa shape index (κ3) is 3.86. The Labute approximate surface area is 136 Å². The van der Waals surface area contributed by atoms with E-state index in [0.717, 1.165) is 34.6 Å². The summed E-state index contributed by atoms with van der Waals surface area (Å²) >= 11 is 0. The summed E-state index contributed by atoms with van der Waals surface area (Å²) in [4.78, 5) is 10.8. The fourth-order valence-electron chi connectivity index (χ4n) is 2.11. The molecule has 0 aliphatic carbocycles. The van der Waals surface area contributed by atoms with E-state index in [9.17, 15) is 4.79 Å². The zero-order chi connectivity index (χ0) is 16.7. The standard InChI is InChI=1S/C17H14N2O2.C2H6/c1-12-16(11-20)18-19-17(12)13-7-9-15(10-8-13)21-14-5-3-2-4-6-14;1-2/h2-11H,1H3,(H,18,19);1-2H3. The summed E-state index contributed by atoms with van der Waals surface area (Å²) in [6, 6.07) is 17.2. The number of hydrogen-bond acceptors (Lipinski definition) is 3. The maximum Gasteiger partial charge on any atom is 0.168 e. The number of nitrogens with one attached hydrogen (secondary N) is 1. The molecule has 0 saturated heterocycles. The van der Waals surface area contributed by atoms with Gasteiger partial charge in [0.2, 0.25) is 0 Å². The number of aromatic nitrogens is 2. The highest BCUT2D eigenvalue weighted by Crippen LogP contribution is 2.27. The minimum Gasteiger partial charge on any atom is -0.457 e. The number of carbonyl (C=O) groups is 1. The van der Waals surface area contributed by atoms with E-state index in [1.54, 1.807) is 0 Å². The number of nitrogens with zero attached hydrogens (tertiary/aromatic N) is 1. The second-order valence-corrected chi connectivity index (χ2v) is 4.67. The van der Waals surface area contributed by atoms with Gasteiger partial charge in [0.25, 0.3) is 0 Å². The third-order valence-corrected chi connectivity index (χ3v) is 3.27. The summed E-state index contributed by atoms with van der Waals surface area (Å²) in [6.07, 6.45) is 0.777. The Bertz CT molecular complexity index is 747. The molecule has 3 aromatic rings. The second kappa shape index (κ2) is 7.94. The van der Waals surface area contributed by atoms with Crippen molar-refractivity contribution in [2.24, 2.45) is 0 Å². The summed E-state index contributed by atoms with van der Waals surface area (Å²) in [7, 11) is 0. The fourth-order valence-corrected chi connectivity index (χ4v) is 2.11. The molecule has 4 heteroatoms. The number of aldehydes is 1. The Morgan fingerprint density at radius 3 is 2.13 bits per heavy atom. The molecule has 1 aromatic heterocycles. The van der Waals surface area contributed by atoms with Crippen LogP contribution >= 0.6 is 0 Å². The molecule has 2 aromatic carbocycles. The van der Waals surface area contributed by atoms with E-state index >= 15 is 0 Å². The number of aromatic amines is 1. The van der Waals surface area contributed by atoms with Crippen LogP contribution in [0.25, 0.3) is 11.3 Å². The first-order chi connectivity index (χ1) is 11.3. The van der Waals surface area contributed by atoms with Gasteiger partial charge in [-0.3, -0.25) is 9.89 Å². The van der Waals surface area contributed by atoms with Gasteiger partial charge in [-0.15, -0.1) is 0 Å². The van der Waals surface area contributed by atoms with Crippen molar-refractivity contribution in [3.05, 3.63) is 65.9 Å². The van der Waals surface area contributed by atoms with Crippen molar-refractivity contribution in [2.45, 2.75) is 20.8 Å². The lowest BCUT2D eigenvalue weighted by Crippen LogP contribution is -1.86. The van der Waals surface area contributed by atoms with Crippen LogP contribution in [-0.4, -0.2) is 16.5 Å². The molecule has 0 atom stereocenters. The zero-order valence-corrected chi connectivity index (χ0v) is 13.5. The van der Waals surface area contributed by atoms with Gasteiger partial charge in [0.05, 0.1) is 5.69 Å². The summed E-state index contributed by atoms with van der Waals surface area (Å²) < 4.78 is 5.74. The molecule has 0 aliphatic rings. The monoisotopic (exact) mass is 308 g/mol. The molecule has 0 spiro atoms. The molecule has 4 nitrogen and oxygen atoms in total. The summed E-state index contributed by atoms with van der Waals surface area (Å²) in [6.45, 7) is 5.87. The molecule has 0 bridgehead atoms. The molecular formula is C19H20N2O2. The van der Waals surface area contributed by atoms with Crippen molar-refractivity contribution < 1.29 is 9.53 Å². The normalized spacial score (nSPS) is 9.70. The molecule has 0 aliphatic heterocycles. The van der Waals surface area contributed by atoms with Gasteiger partial charge in [0.15, 0.2) is 6.29 Å². The molecule has 23 heavy (non-hydrogen) atoms. The van der Waals surface area contributed by atoms with Gasteiger partial charge in [-0.1, -0.05) is 32.0 Å². The van der Waals surface area contributed by atoms with E-state index in [0.29, 0.717) is 5.69 Å². The van der Waals surface area contributed by atoms with E-state index in [2.05, 4.69) is 10.2 Å². The number of carbonyl (C=O) groups excluding carboxylic acids is 1. The zero-order valence-electron chi connectivity index (χ0n) is 13.5. The van der Waals surface area contributed by atoms with Gasteiger partial charge in [-0.2, -0.15) is 5.10 Å². The van der Waals surface area contributed by atoms with Crippen LogP contribution in [0.15, 0.2) is 54.6 Å². The molecule has 0 saturated carbocycles. The Morgan fingerprint density at radius 2 is 1.57 bits per heavy atom. The summed E-state index contributed by atoms with van der Waals surface area (Å²) in [5.74, 6) is 1.55. The van der Waals surface area contributed by atoms with Crippen molar-refractivity contribution in [1.29, 1.82) is 0 Å². The Balaban J connectivity index is 0.000000924. The van der Waals surface area contributed by atoms with Crippen LogP contribution in [0.3, 0.4) is 0 Å². The predicted molar refractivity (Wildman–Crippen MR) is 92.0 cm³/mol. The van der Waals surface area contributed by atoms with Crippen LogP contribution in [-0.2, 0) is 0 Å². The van der Waals surface area contributed by atoms with Gasteiger partial charge < -0.3 is 4.74 Å². The van der Waals surface area contributed by atoms with E-state index in [-0.39, 0.29) is 0 Å². The van der Waals surface area contributed by atoms with E-state index in [4.69, 9.17) is 4.74 Å². The van der Waals surface area contributed by atoms with Crippen LogP contribution in [0.5, 0.6) is 11.5 Å². The molecule has 0 amide bonds. The number of para-hydroxylation sites is 1. The van der Waals surface area contributed by atoms with E-state index in [1.807, 2.05) is 75.4 Å². The van der Waals surface area contributed by atoms with Crippen molar-refractivity contribution >= 4 is 6.29 Å². The van der Waals surface area contributed by atoms with Crippen LogP contribution in [0, 0.1) is 6.92 Å². The highest BCUT2D eigenvalue weighted by molar-refractivity contribution is 5.79. The fraction of sp³-hybridized carbons (Fsp3) is 0.158. The number of ether oxygens (including phenoxy) is 1. The molecule has 0 radical (unpaired) electrons. The van der Waals surface area contributed by atoms with Gasteiger partial charge in [-0.25, -0.2) is 0 Å². The maximum absolute atomic E-state index is 10.8. The van der Waals surface area contributed by atoms with Gasteiger partial charge in [0, 0.05) is 11.1 Å². The van der Waals surface area contributed by atoms with Crippen molar-refractivity contribution in [2.75, 3.05) is 0 Å². The quantitative estimate of drug-likeness (QED) is 0.689. The first-order valence-corrected chi connectivity index (χ1v) is 7.61. The van der Waals surface area contributed by atoms with Crippen molar-refractivity contribution in [3.63, 3.8) is 0 Å². The molecule has 1 N–H and O–H groups in total. The average molecular weight is 308 g/mol. The lowest BCUT2D eigenvalue weighted by Gasteiger charge is -2.06. The highest BCUT2D eigenvalue weighted by Gasteiger charge is 2.10. The van der Waals surface area contributed by atoms with E-state index < -0.39 is 0 Å². The number of hydrogen-bond donors (Lipinski definition) is 1. The number of H-pyrrole nitrogens is 1. The summed E-state index contributed by atoms with van der Waals surface area (Å²) in [5.41, 5.74) is 3.08. The van der Waals surface area contributed by atoms with Crippen LogP contribution in [0.1, 0.15) is 29.9 Å². The SMILES string of the molecule is CC.Cc1c(-c2ccc(Oc3ccccc3)cc2)n[nH]c1C=O. The van der Waals surface area contributed by atoms with E-state index in [1.165, 1.54) is 0 Å². The average Bonchev–Trinajstić information content (AvgIpc) is 2.99. The molecular weight excluding hydrogens is 288 g/mol. The van der Waals surface area contributed by atoms with Gasteiger partial charge in [-0.05, 0) is 43.3 Å². The van der Waals surface area contributed by atoms with Crippen molar-refractivity contribution in [1.82, 2.24) is 10.2 Å². The van der Waals surface area contributed by atoms with Crippen LogP contribution < -0.4 is 4.74 Å². The predicted octanol–water partition coefficient (Wildman–Crippen LogP) is 5.02. The lowest BCUT2D eigenvalue weighted by molar-refractivity contribution is 0.111. The van der Waals surface area contributed by atoms with Gasteiger partial charge in [0.1, 0.15) is 17.2 Å².